The predicted molar refractivity (Wildman–Crippen MR) is 47.0 cm³/mol. The predicted octanol–water partition coefficient (Wildman–Crippen LogP) is -1.16. The number of rotatable bonds is 7. The molecule has 0 rings (SSSR count). The van der Waals surface area contributed by atoms with Crippen molar-refractivity contribution in [3.05, 3.63) is 10.1 Å². The normalized spacial score (nSPS) is 15.3. The van der Waals surface area contributed by atoms with Gasteiger partial charge in [-0.3, -0.25) is 10.1 Å². The maximum absolute atomic E-state index is 10.1. The Morgan fingerprint density at radius 1 is 1.54 bits per heavy atom. The Hall–Kier alpha value is -0.720. The molecule has 13 heavy (non-hydrogen) atoms. The zero-order valence-electron chi connectivity index (χ0n) is 7.64. The third-order valence-electron chi connectivity index (χ3n) is 1.54. The standard InChI is InChI=1S/C7H16N2O4/c1-6(4-9(12)13)2-8-3-7(11)5-10/h6-8,10-11H,2-5H2,1H3. The number of aliphatic hydroxyl groups excluding tert-OH is 2. The van der Waals surface area contributed by atoms with Gasteiger partial charge in [-0.25, -0.2) is 0 Å². The van der Waals surface area contributed by atoms with Gasteiger partial charge in [-0.2, -0.15) is 0 Å². The second-order valence-electron chi connectivity index (χ2n) is 3.12. The summed E-state index contributed by atoms with van der Waals surface area (Å²) in [5.41, 5.74) is 0. The Labute approximate surface area is 76.7 Å². The van der Waals surface area contributed by atoms with E-state index in [1.54, 1.807) is 6.92 Å². The molecule has 0 aliphatic carbocycles. The smallest absolute Gasteiger partial charge is 0.207 e. The van der Waals surface area contributed by atoms with E-state index in [0.29, 0.717) is 6.54 Å². The Bertz CT molecular complexity index is 153. The maximum atomic E-state index is 10.1. The van der Waals surface area contributed by atoms with Gasteiger partial charge in [0.15, 0.2) is 0 Å². The molecular weight excluding hydrogens is 176 g/mol. The molecule has 0 aliphatic rings. The lowest BCUT2D eigenvalue weighted by Crippen LogP contribution is -2.33. The number of nitrogens with one attached hydrogen (secondary N) is 1. The first-order valence-corrected chi connectivity index (χ1v) is 4.17. The van der Waals surface area contributed by atoms with E-state index >= 15 is 0 Å². The van der Waals surface area contributed by atoms with E-state index in [1.807, 2.05) is 0 Å². The summed E-state index contributed by atoms with van der Waals surface area (Å²) in [7, 11) is 0. The fourth-order valence-corrected chi connectivity index (χ4v) is 0.880. The number of aliphatic hydroxyl groups is 2. The van der Waals surface area contributed by atoms with Gasteiger partial charge in [-0.05, 0) is 0 Å². The minimum absolute atomic E-state index is 0.0686. The second-order valence-corrected chi connectivity index (χ2v) is 3.12. The van der Waals surface area contributed by atoms with E-state index in [4.69, 9.17) is 10.2 Å². The minimum atomic E-state index is -0.789. The lowest BCUT2D eigenvalue weighted by atomic mass is 10.2. The van der Waals surface area contributed by atoms with Crippen LogP contribution < -0.4 is 5.32 Å². The first-order valence-electron chi connectivity index (χ1n) is 4.17. The van der Waals surface area contributed by atoms with Crippen molar-refractivity contribution in [2.75, 3.05) is 26.2 Å². The second kappa shape index (κ2) is 6.76. The molecule has 0 fully saturated rings. The molecule has 0 saturated carbocycles. The Kier molecular flexibility index (Phi) is 6.38. The fraction of sp³-hybridized carbons (Fsp3) is 1.00. The number of hydrogen-bond donors (Lipinski definition) is 3. The molecule has 0 saturated heterocycles. The number of nitrogens with zero attached hydrogens (tertiary/aromatic N) is 1. The molecule has 78 valence electrons. The molecule has 3 N–H and O–H groups in total. The third kappa shape index (κ3) is 7.63. The van der Waals surface area contributed by atoms with Crippen molar-refractivity contribution in [3.63, 3.8) is 0 Å². The van der Waals surface area contributed by atoms with E-state index in [0.717, 1.165) is 0 Å². The van der Waals surface area contributed by atoms with Gasteiger partial charge in [0.05, 0.1) is 12.7 Å². The third-order valence-corrected chi connectivity index (χ3v) is 1.54. The molecule has 0 aromatic carbocycles. The molecule has 6 nitrogen and oxygen atoms in total. The molecule has 2 atom stereocenters. The Morgan fingerprint density at radius 2 is 2.15 bits per heavy atom. The first-order chi connectivity index (χ1) is 6.06. The van der Waals surface area contributed by atoms with Crippen LogP contribution in [-0.2, 0) is 0 Å². The van der Waals surface area contributed by atoms with Crippen molar-refractivity contribution in [1.29, 1.82) is 0 Å². The molecule has 0 aromatic heterocycles. The van der Waals surface area contributed by atoms with Gasteiger partial charge in [0.25, 0.3) is 0 Å². The van der Waals surface area contributed by atoms with E-state index in [2.05, 4.69) is 5.32 Å². The zero-order valence-corrected chi connectivity index (χ0v) is 7.64. The van der Waals surface area contributed by atoms with E-state index in [9.17, 15) is 10.1 Å². The maximum Gasteiger partial charge on any atom is 0.207 e. The molecule has 0 amide bonds. The van der Waals surface area contributed by atoms with Crippen molar-refractivity contribution in [1.82, 2.24) is 5.32 Å². The molecule has 0 aliphatic heterocycles. The summed E-state index contributed by atoms with van der Waals surface area (Å²) in [4.78, 5) is 9.69. The van der Waals surface area contributed by atoms with Crippen LogP contribution in [0.25, 0.3) is 0 Å². The van der Waals surface area contributed by atoms with E-state index in [-0.39, 0.29) is 30.5 Å². The van der Waals surface area contributed by atoms with Gasteiger partial charge >= 0.3 is 0 Å². The highest BCUT2D eigenvalue weighted by Gasteiger charge is 2.09. The van der Waals surface area contributed by atoms with Crippen molar-refractivity contribution in [3.8, 4) is 0 Å². The summed E-state index contributed by atoms with van der Waals surface area (Å²) in [6.45, 7) is 2.11. The van der Waals surface area contributed by atoms with Crippen molar-refractivity contribution >= 4 is 0 Å². The fourth-order valence-electron chi connectivity index (χ4n) is 0.880. The molecule has 6 heteroatoms. The molecule has 0 aromatic rings. The van der Waals surface area contributed by atoms with Crippen molar-refractivity contribution in [2.24, 2.45) is 5.92 Å². The zero-order chi connectivity index (χ0) is 10.3. The average molecular weight is 192 g/mol. The SMILES string of the molecule is CC(CNCC(O)CO)C[N+](=O)[O-]. The average Bonchev–Trinajstić information content (AvgIpc) is 2.02. The lowest BCUT2D eigenvalue weighted by Gasteiger charge is -2.10. The topological polar surface area (TPSA) is 95.6 Å². The van der Waals surface area contributed by atoms with Crippen LogP contribution in [0.5, 0.6) is 0 Å². The summed E-state index contributed by atoms with van der Waals surface area (Å²) in [5, 5.41) is 30.2. The molecule has 0 radical (unpaired) electrons. The van der Waals surface area contributed by atoms with Crippen LogP contribution in [0.3, 0.4) is 0 Å². The summed E-state index contributed by atoms with van der Waals surface area (Å²) in [6, 6.07) is 0. The summed E-state index contributed by atoms with van der Waals surface area (Å²) >= 11 is 0. The summed E-state index contributed by atoms with van der Waals surface area (Å²) in [6.07, 6.45) is -0.789. The van der Waals surface area contributed by atoms with Crippen molar-refractivity contribution < 1.29 is 15.1 Å². The van der Waals surface area contributed by atoms with Crippen LogP contribution in [0, 0.1) is 16.0 Å². The largest absolute Gasteiger partial charge is 0.394 e. The van der Waals surface area contributed by atoms with Crippen LogP contribution in [0.1, 0.15) is 6.92 Å². The quantitative estimate of drug-likeness (QED) is 0.349. The first kappa shape index (κ1) is 12.3. The molecule has 0 heterocycles. The van der Waals surface area contributed by atoms with Gasteiger partial charge in [0.1, 0.15) is 0 Å². The highest BCUT2D eigenvalue weighted by Crippen LogP contribution is 1.92. The van der Waals surface area contributed by atoms with Crippen LogP contribution in [0.4, 0.5) is 0 Å². The van der Waals surface area contributed by atoms with Crippen LogP contribution >= 0.6 is 0 Å². The molecule has 2 unspecified atom stereocenters. The van der Waals surface area contributed by atoms with Crippen molar-refractivity contribution in [2.45, 2.75) is 13.0 Å². The van der Waals surface area contributed by atoms with E-state index in [1.165, 1.54) is 0 Å². The van der Waals surface area contributed by atoms with Gasteiger partial charge < -0.3 is 15.5 Å². The van der Waals surface area contributed by atoms with Gasteiger partial charge in [-0.15, -0.1) is 0 Å². The monoisotopic (exact) mass is 192 g/mol. The summed E-state index contributed by atoms with van der Waals surface area (Å²) in [5.74, 6) is -0.0686. The number of hydrogen-bond acceptors (Lipinski definition) is 5. The Morgan fingerprint density at radius 3 is 2.62 bits per heavy atom. The lowest BCUT2D eigenvalue weighted by molar-refractivity contribution is -0.487. The Balaban J connectivity index is 3.36. The molecular formula is C7H16N2O4. The summed E-state index contributed by atoms with van der Waals surface area (Å²) < 4.78 is 0. The van der Waals surface area contributed by atoms with Crippen LogP contribution in [0.2, 0.25) is 0 Å². The van der Waals surface area contributed by atoms with E-state index < -0.39 is 6.10 Å². The van der Waals surface area contributed by atoms with Crippen LogP contribution in [-0.4, -0.2) is 47.5 Å². The highest BCUT2D eigenvalue weighted by atomic mass is 16.6. The highest BCUT2D eigenvalue weighted by molar-refractivity contribution is 4.60. The minimum Gasteiger partial charge on any atom is -0.394 e. The molecule has 0 bridgehead atoms. The number of nitro groups is 1. The van der Waals surface area contributed by atoms with Gasteiger partial charge in [0, 0.05) is 23.9 Å². The molecule has 0 spiro atoms. The van der Waals surface area contributed by atoms with Gasteiger partial charge in [0.2, 0.25) is 6.54 Å². The van der Waals surface area contributed by atoms with Gasteiger partial charge in [-0.1, -0.05) is 6.92 Å². The van der Waals surface area contributed by atoms with Crippen LogP contribution in [0.15, 0.2) is 0 Å².